The highest BCUT2D eigenvalue weighted by Crippen LogP contribution is 2.30. The van der Waals surface area contributed by atoms with Crippen molar-refractivity contribution in [1.29, 1.82) is 0 Å². The first-order valence-corrected chi connectivity index (χ1v) is 7.40. The third-order valence-electron chi connectivity index (χ3n) is 4.04. The largest absolute Gasteiger partial charge is 0.497 e. The lowest BCUT2D eigenvalue weighted by Crippen LogP contribution is -2.51. The van der Waals surface area contributed by atoms with E-state index in [1.165, 1.54) is 0 Å². The molecule has 23 heavy (non-hydrogen) atoms. The molecular formula is C18H18N2O3. The van der Waals surface area contributed by atoms with Crippen molar-refractivity contribution in [2.45, 2.75) is 12.5 Å². The summed E-state index contributed by atoms with van der Waals surface area (Å²) >= 11 is 0. The number of carbonyl (C=O) groups excluding carboxylic acids is 2. The molecule has 0 aliphatic carbocycles. The number of rotatable bonds is 3. The highest BCUT2D eigenvalue weighted by Gasteiger charge is 2.32. The molecule has 0 fully saturated rings. The van der Waals surface area contributed by atoms with E-state index in [0.29, 0.717) is 12.0 Å². The Labute approximate surface area is 134 Å². The Balaban J connectivity index is 1.84. The number of nitrogens with zero attached hydrogens (tertiary/aromatic N) is 1. The maximum Gasteiger partial charge on any atom is 0.251 e. The molecule has 0 bridgehead atoms. The second-order valence-corrected chi connectivity index (χ2v) is 5.49. The van der Waals surface area contributed by atoms with Crippen molar-refractivity contribution in [2.75, 3.05) is 19.1 Å². The van der Waals surface area contributed by atoms with Gasteiger partial charge < -0.3 is 15.0 Å². The maximum absolute atomic E-state index is 12.5. The van der Waals surface area contributed by atoms with Gasteiger partial charge in [-0.1, -0.05) is 18.2 Å². The molecule has 1 heterocycles. The summed E-state index contributed by atoms with van der Waals surface area (Å²) in [6.07, 6.45) is 0.453. The van der Waals surface area contributed by atoms with Crippen LogP contribution in [-0.2, 0) is 11.2 Å². The summed E-state index contributed by atoms with van der Waals surface area (Å²) in [6.45, 7) is 0. The molecule has 1 N–H and O–H groups in total. The van der Waals surface area contributed by atoms with Crippen LogP contribution in [0.1, 0.15) is 15.9 Å². The molecule has 0 radical (unpaired) electrons. The van der Waals surface area contributed by atoms with Gasteiger partial charge in [0.2, 0.25) is 5.91 Å². The third kappa shape index (κ3) is 2.90. The number of hydrogen-bond acceptors (Lipinski definition) is 3. The van der Waals surface area contributed by atoms with E-state index in [-0.39, 0.29) is 11.8 Å². The van der Waals surface area contributed by atoms with Gasteiger partial charge in [0.1, 0.15) is 11.8 Å². The molecule has 1 aliphatic heterocycles. The quantitative estimate of drug-likeness (QED) is 0.943. The third-order valence-corrected chi connectivity index (χ3v) is 4.04. The summed E-state index contributed by atoms with van der Waals surface area (Å²) in [7, 11) is 3.32. The zero-order valence-electron chi connectivity index (χ0n) is 13.1. The van der Waals surface area contributed by atoms with Gasteiger partial charge in [0.25, 0.3) is 5.91 Å². The minimum Gasteiger partial charge on any atom is -0.497 e. The zero-order valence-corrected chi connectivity index (χ0v) is 13.1. The van der Waals surface area contributed by atoms with Crippen molar-refractivity contribution < 1.29 is 14.3 Å². The second-order valence-electron chi connectivity index (χ2n) is 5.49. The number of hydrogen-bond donors (Lipinski definition) is 1. The first kappa shape index (κ1) is 15.1. The number of anilines is 1. The molecule has 0 spiro atoms. The van der Waals surface area contributed by atoms with Gasteiger partial charge in [-0.25, -0.2) is 0 Å². The standard InChI is InChI=1S/C18H18N2O3/c1-20-16-9-8-14(23-2)10-13(16)11-15(18(20)22)19-17(21)12-6-4-3-5-7-12/h3-10,15H,11H2,1-2H3,(H,19,21). The maximum atomic E-state index is 12.5. The van der Waals surface area contributed by atoms with Crippen LogP contribution in [0, 0.1) is 0 Å². The molecule has 1 atom stereocenters. The van der Waals surface area contributed by atoms with E-state index in [2.05, 4.69) is 5.32 Å². The molecule has 2 amide bonds. The fraction of sp³-hybridized carbons (Fsp3) is 0.222. The van der Waals surface area contributed by atoms with Gasteiger partial charge in [-0.15, -0.1) is 0 Å². The van der Waals surface area contributed by atoms with Crippen LogP contribution < -0.4 is 15.0 Å². The normalized spacial score (nSPS) is 16.7. The average Bonchev–Trinajstić information content (AvgIpc) is 2.59. The summed E-state index contributed by atoms with van der Waals surface area (Å²) in [5.74, 6) is 0.371. The van der Waals surface area contributed by atoms with Crippen molar-refractivity contribution in [3.8, 4) is 5.75 Å². The fourth-order valence-electron chi connectivity index (χ4n) is 2.78. The van der Waals surface area contributed by atoms with Crippen LogP contribution >= 0.6 is 0 Å². The van der Waals surface area contributed by atoms with Gasteiger partial charge in [0.15, 0.2) is 0 Å². The average molecular weight is 310 g/mol. The Morgan fingerprint density at radius 3 is 2.65 bits per heavy atom. The number of ether oxygens (including phenoxy) is 1. The van der Waals surface area contributed by atoms with Crippen LogP contribution in [0.25, 0.3) is 0 Å². The summed E-state index contributed by atoms with van der Waals surface area (Å²) in [5.41, 5.74) is 2.37. The Morgan fingerprint density at radius 2 is 1.96 bits per heavy atom. The van der Waals surface area contributed by atoms with Crippen LogP contribution in [0.3, 0.4) is 0 Å². The summed E-state index contributed by atoms with van der Waals surface area (Å²) in [6, 6.07) is 13.9. The number of amides is 2. The lowest BCUT2D eigenvalue weighted by atomic mass is 9.97. The Bertz CT molecular complexity index is 743. The van der Waals surface area contributed by atoms with Crippen LogP contribution in [-0.4, -0.2) is 32.0 Å². The molecule has 5 nitrogen and oxygen atoms in total. The summed E-state index contributed by atoms with van der Waals surface area (Å²) in [4.78, 5) is 26.4. The van der Waals surface area contributed by atoms with Crippen molar-refractivity contribution >= 4 is 17.5 Å². The van der Waals surface area contributed by atoms with Gasteiger partial charge in [0, 0.05) is 24.7 Å². The molecule has 5 heteroatoms. The lowest BCUT2D eigenvalue weighted by molar-refractivity contribution is -0.120. The monoisotopic (exact) mass is 310 g/mol. The molecule has 1 unspecified atom stereocenters. The first-order valence-electron chi connectivity index (χ1n) is 7.40. The van der Waals surface area contributed by atoms with Crippen LogP contribution in [0.5, 0.6) is 5.75 Å². The van der Waals surface area contributed by atoms with Crippen molar-refractivity contribution in [1.82, 2.24) is 5.32 Å². The van der Waals surface area contributed by atoms with Gasteiger partial charge in [0.05, 0.1) is 7.11 Å². The van der Waals surface area contributed by atoms with E-state index in [4.69, 9.17) is 4.74 Å². The molecule has 0 saturated carbocycles. The molecule has 2 aromatic rings. The highest BCUT2D eigenvalue weighted by molar-refractivity contribution is 6.04. The lowest BCUT2D eigenvalue weighted by Gasteiger charge is -2.32. The van der Waals surface area contributed by atoms with Crippen molar-refractivity contribution in [2.24, 2.45) is 0 Å². The SMILES string of the molecule is COc1ccc2c(c1)CC(NC(=O)c1ccccc1)C(=O)N2C. The molecule has 0 aromatic heterocycles. The van der Waals surface area contributed by atoms with Crippen LogP contribution in [0.15, 0.2) is 48.5 Å². The van der Waals surface area contributed by atoms with Crippen molar-refractivity contribution in [3.63, 3.8) is 0 Å². The van der Waals surface area contributed by atoms with Gasteiger partial charge in [-0.05, 0) is 35.9 Å². The summed E-state index contributed by atoms with van der Waals surface area (Å²) in [5, 5.41) is 2.82. The van der Waals surface area contributed by atoms with E-state index < -0.39 is 6.04 Å². The number of likely N-dealkylation sites (N-methyl/N-ethyl adjacent to an activating group) is 1. The smallest absolute Gasteiger partial charge is 0.251 e. The van der Waals surface area contributed by atoms with E-state index in [9.17, 15) is 9.59 Å². The topological polar surface area (TPSA) is 58.6 Å². The molecule has 2 aromatic carbocycles. The van der Waals surface area contributed by atoms with Gasteiger partial charge in [-0.3, -0.25) is 9.59 Å². The number of carbonyl (C=O) groups is 2. The van der Waals surface area contributed by atoms with E-state index in [1.807, 2.05) is 24.3 Å². The molecule has 3 rings (SSSR count). The minimum atomic E-state index is -0.577. The Hall–Kier alpha value is -2.82. The van der Waals surface area contributed by atoms with Crippen molar-refractivity contribution in [3.05, 3.63) is 59.7 Å². The highest BCUT2D eigenvalue weighted by atomic mass is 16.5. The minimum absolute atomic E-state index is 0.119. The molecule has 1 aliphatic rings. The first-order chi connectivity index (χ1) is 11.1. The predicted molar refractivity (Wildman–Crippen MR) is 87.8 cm³/mol. The molecule has 0 saturated heterocycles. The fourth-order valence-corrected chi connectivity index (χ4v) is 2.78. The number of nitrogens with one attached hydrogen (secondary N) is 1. The summed E-state index contributed by atoms with van der Waals surface area (Å²) < 4.78 is 5.24. The van der Waals surface area contributed by atoms with E-state index in [0.717, 1.165) is 17.0 Å². The molecule has 118 valence electrons. The number of benzene rings is 2. The Morgan fingerprint density at radius 1 is 1.22 bits per heavy atom. The van der Waals surface area contributed by atoms with E-state index >= 15 is 0 Å². The van der Waals surface area contributed by atoms with Crippen LogP contribution in [0.2, 0.25) is 0 Å². The number of methoxy groups -OCH3 is 1. The molecular weight excluding hydrogens is 292 g/mol. The Kier molecular flexibility index (Phi) is 4.02. The van der Waals surface area contributed by atoms with Crippen LogP contribution in [0.4, 0.5) is 5.69 Å². The number of fused-ring (bicyclic) bond motifs is 1. The predicted octanol–water partition coefficient (Wildman–Crippen LogP) is 2.01. The van der Waals surface area contributed by atoms with Gasteiger partial charge in [-0.2, -0.15) is 0 Å². The van der Waals surface area contributed by atoms with Gasteiger partial charge >= 0.3 is 0 Å². The zero-order chi connectivity index (χ0) is 16.4. The van der Waals surface area contributed by atoms with E-state index in [1.54, 1.807) is 43.3 Å². The second kappa shape index (κ2) is 6.12.